The smallest absolute Gasteiger partial charge is 0.191 e. The van der Waals surface area contributed by atoms with Gasteiger partial charge in [0.05, 0.1) is 6.54 Å². The van der Waals surface area contributed by atoms with Gasteiger partial charge in [0.1, 0.15) is 0 Å². The molecular weight excluding hydrogens is 473 g/mol. The number of piperazine rings is 1. The van der Waals surface area contributed by atoms with E-state index in [4.69, 9.17) is 0 Å². The van der Waals surface area contributed by atoms with Gasteiger partial charge in [-0.15, -0.1) is 24.0 Å². The highest BCUT2D eigenvalue weighted by atomic mass is 127. The first-order valence-electron chi connectivity index (χ1n) is 10.3. The number of aliphatic imine (C=N–C) groups is 1. The predicted octanol–water partition coefficient (Wildman–Crippen LogP) is 3.31. The van der Waals surface area contributed by atoms with E-state index in [9.17, 15) is 0 Å². The van der Waals surface area contributed by atoms with Crippen molar-refractivity contribution < 1.29 is 0 Å². The lowest BCUT2D eigenvalue weighted by Gasteiger charge is -2.32. The largest absolute Gasteiger partial charge is 0.357 e. The number of halogens is 1. The minimum Gasteiger partial charge on any atom is -0.357 e. The first-order valence-corrected chi connectivity index (χ1v) is 10.3. The third kappa shape index (κ3) is 8.32. The number of nitrogens with zero attached hydrogens (tertiary/aromatic N) is 3. The summed E-state index contributed by atoms with van der Waals surface area (Å²) < 4.78 is 0. The Morgan fingerprint density at radius 2 is 1.52 bits per heavy atom. The van der Waals surface area contributed by atoms with Crippen LogP contribution < -0.4 is 10.6 Å². The molecule has 2 N–H and O–H groups in total. The molecule has 1 saturated heterocycles. The van der Waals surface area contributed by atoms with Crippen molar-refractivity contribution in [1.29, 1.82) is 0 Å². The van der Waals surface area contributed by atoms with Crippen LogP contribution in [0.3, 0.4) is 0 Å². The molecule has 0 amide bonds. The van der Waals surface area contributed by atoms with E-state index in [1.165, 1.54) is 16.7 Å². The van der Waals surface area contributed by atoms with Crippen molar-refractivity contribution in [2.45, 2.75) is 26.6 Å². The van der Waals surface area contributed by atoms with E-state index in [-0.39, 0.29) is 24.0 Å². The Bertz CT molecular complexity index is 725. The molecule has 1 heterocycles. The normalized spacial score (nSPS) is 15.6. The molecule has 1 aliphatic heterocycles. The molecule has 0 radical (unpaired) electrons. The summed E-state index contributed by atoms with van der Waals surface area (Å²) in [4.78, 5) is 9.61. The third-order valence-corrected chi connectivity index (χ3v) is 5.09. The van der Waals surface area contributed by atoms with Crippen molar-refractivity contribution in [3.63, 3.8) is 0 Å². The van der Waals surface area contributed by atoms with Gasteiger partial charge in [-0.25, -0.2) is 4.99 Å². The third-order valence-electron chi connectivity index (χ3n) is 5.09. The Morgan fingerprint density at radius 3 is 2.17 bits per heavy atom. The summed E-state index contributed by atoms with van der Waals surface area (Å²) in [6.07, 6.45) is 0. The van der Waals surface area contributed by atoms with E-state index >= 15 is 0 Å². The molecule has 0 atom stereocenters. The number of guanidine groups is 1. The minimum absolute atomic E-state index is 0. The summed E-state index contributed by atoms with van der Waals surface area (Å²) in [5.74, 6) is 0.855. The van der Waals surface area contributed by atoms with Crippen LogP contribution in [0.4, 0.5) is 0 Å². The molecule has 0 spiro atoms. The lowest BCUT2D eigenvalue weighted by molar-refractivity contribution is 0.148. The quantitative estimate of drug-likeness (QED) is 0.343. The van der Waals surface area contributed by atoms with E-state index < -0.39 is 0 Å². The molecule has 0 bridgehead atoms. The summed E-state index contributed by atoms with van der Waals surface area (Å²) in [5, 5.41) is 6.76. The zero-order chi connectivity index (χ0) is 19.6. The van der Waals surface area contributed by atoms with Gasteiger partial charge in [0.2, 0.25) is 0 Å². The van der Waals surface area contributed by atoms with Crippen LogP contribution in [0.5, 0.6) is 0 Å². The van der Waals surface area contributed by atoms with Gasteiger partial charge in [0.15, 0.2) is 5.96 Å². The van der Waals surface area contributed by atoms with Crippen molar-refractivity contribution in [3.05, 3.63) is 71.3 Å². The highest BCUT2D eigenvalue weighted by Crippen LogP contribution is 2.10. The summed E-state index contributed by atoms with van der Waals surface area (Å²) in [6.45, 7) is 10.1. The average Bonchev–Trinajstić information content (AvgIpc) is 2.73. The van der Waals surface area contributed by atoms with Gasteiger partial charge in [0.25, 0.3) is 0 Å². The van der Waals surface area contributed by atoms with Crippen molar-refractivity contribution in [2.24, 2.45) is 4.99 Å². The zero-order valence-electron chi connectivity index (χ0n) is 17.6. The van der Waals surface area contributed by atoms with Gasteiger partial charge in [-0.05, 0) is 30.7 Å². The number of nitrogens with one attached hydrogen (secondary N) is 2. The molecular formula is C23H34IN5. The summed E-state index contributed by atoms with van der Waals surface area (Å²) in [7, 11) is 2.20. The van der Waals surface area contributed by atoms with E-state index in [1.807, 2.05) is 6.07 Å². The van der Waals surface area contributed by atoms with Gasteiger partial charge < -0.3 is 15.5 Å². The predicted molar refractivity (Wildman–Crippen MR) is 133 cm³/mol. The van der Waals surface area contributed by atoms with E-state index in [1.54, 1.807) is 0 Å². The summed E-state index contributed by atoms with van der Waals surface area (Å²) >= 11 is 0. The first kappa shape index (κ1) is 23.6. The van der Waals surface area contributed by atoms with Crippen LogP contribution in [0.1, 0.15) is 23.6 Å². The van der Waals surface area contributed by atoms with Crippen LogP contribution in [0, 0.1) is 0 Å². The lowest BCUT2D eigenvalue weighted by Crippen LogP contribution is -2.43. The average molecular weight is 507 g/mol. The molecule has 1 fully saturated rings. The van der Waals surface area contributed by atoms with Gasteiger partial charge >= 0.3 is 0 Å². The summed E-state index contributed by atoms with van der Waals surface area (Å²) in [5.41, 5.74) is 3.87. The van der Waals surface area contributed by atoms with Gasteiger partial charge in [-0.2, -0.15) is 0 Å². The number of rotatable bonds is 7. The SMILES string of the molecule is CCNC(=NCc1ccccc1)NCc1ccc(CN2CCN(C)CC2)cc1.I. The van der Waals surface area contributed by atoms with Crippen LogP contribution >= 0.6 is 24.0 Å². The molecule has 2 aromatic carbocycles. The highest BCUT2D eigenvalue weighted by molar-refractivity contribution is 14.0. The topological polar surface area (TPSA) is 42.9 Å². The number of benzene rings is 2. The van der Waals surface area contributed by atoms with Crippen molar-refractivity contribution in [3.8, 4) is 0 Å². The Kier molecular flexibility index (Phi) is 10.5. The monoisotopic (exact) mass is 507 g/mol. The van der Waals surface area contributed by atoms with Crippen LogP contribution in [-0.2, 0) is 19.6 Å². The van der Waals surface area contributed by atoms with Gasteiger partial charge in [-0.3, -0.25) is 4.90 Å². The van der Waals surface area contributed by atoms with Gasteiger partial charge in [-0.1, -0.05) is 54.6 Å². The second-order valence-electron chi connectivity index (χ2n) is 7.43. The van der Waals surface area contributed by atoms with E-state index in [0.29, 0.717) is 6.54 Å². The zero-order valence-corrected chi connectivity index (χ0v) is 19.9. The van der Waals surface area contributed by atoms with E-state index in [2.05, 4.69) is 87.9 Å². The fourth-order valence-corrected chi connectivity index (χ4v) is 3.31. The lowest BCUT2D eigenvalue weighted by atomic mass is 10.1. The molecule has 5 nitrogen and oxygen atoms in total. The van der Waals surface area contributed by atoms with Crippen molar-refractivity contribution in [2.75, 3.05) is 39.8 Å². The second-order valence-corrected chi connectivity index (χ2v) is 7.43. The van der Waals surface area contributed by atoms with Crippen molar-refractivity contribution >= 4 is 29.9 Å². The fraction of sp³-hybridized carbons (Fsp3) is 0.435. The Hall–Kier alpha value is -1.64. The number of likely N-dealkylation sites (N-methyl/N-ethyl adjacent to an activating group) is 1. The molecule has 29 heavy (non-hydrogen) atoms. The highest BCUT2D eigenvalue weighted by Gasteiger charge is 2.13. The molecule has 0 saturated carbocycles. The molecule has 0 unspecified atom stereocenters. The van der Waals surface area contributed by atoms with Crippen molar-refractivity contribution in [1.82, 2.24) is 20.4 Å². The minimum atomic E-state index is 0. The van der Waals surface area contributed by atoms with Crippen LogP contribution in [0.15, 0.2) is 59.6 Å². The number of hydrogen-bond acceptors (Lipinski definition) is 3. The maximum absolute atomic E-state index is 4.68. The molecule has 3 rings (SSSR count). The van der Waals surface area contributed by atoms with Crippen LogP contribution in [0.2, 0.25) is 0 Å². The summed E-state index contributed by atoms with van der Waals surface area (Å²) in [6, 6.07) is 19.3. The molecule has 158 valence electrons. The maximum atomic E-state index is 4.68. The van der Waals surface area contributed by atoms with Crippen LogP contribution in [0.25, 0.3) is 0 Å². The van der Waals surface area contributed by atoms with E-state index in [0.717, 1.165) is 51.8 Å². The van der Waals surface area contributed by atoms with Gasteiger partial charge in [0, 0.05) is 45.8 Å². The molecule has 2 aromatic rings. The first-order chi connectivity index (χ1) is 13.7. The Morgan fingerprint density at radius 1 is 0.862 bits per heavy atom. The fourth-order valence-electron chi connectivity index (χ4n) is 3.31. The molecule has 1 aliphatic rings. The standard InChI is InChI=1S/C23H33N5.HI/c1-3-24-23(25-17-20-7-5-4-6-8-20)26-18-21-9-11-22(12-10-21)19-28-15-13-27(2)14-16-28;/h4-12H,3,13-19H2,1-2H3,(H2,24,25,26);1H. The maximum Gasteiger partial charge on any atom is 0.191 e. The molecule has 6 heteroatoms. The number of hydrogen-bond donors (Lipinski definition) is 2. The molecule has 0 aliphatic carbocycles. The molecule has 0 aromatic heterocycles. The second kappa shape index (κ2) is 12.8. The Balaban J connectivity index is 0.00000300. The van der Waals surface area contributed by atoms with Crippen LogP contribution in [-0.4, -0.2) is 55.5 Å². The Labute approximate surface area is 192 Å².